The van der Waals surface area contributed by atoms with E-state index in [4.69, 9.17) is 4.74 Å². The quantitative estimate of drug-likeness (QED) is 0.736. The summed E-state index contributed by atoms with van der Waals surface area (Å²) in [4.78, 5) is 0. The second-order valence-corrected chi connectivity index (χ2v) is 4.08. The lowest BCUT2D eigenvalue weighted by Gasteiger charge is -2.26. The van der Waals surface area contributed by atoms with E-state index < -0.39 is 0 Å². The van der Waals surface area contributed by atoms with Gasteiger partial charge < -0.3 is 15.2 Å². The SMILES string of the molecule is Cc1cc(C2COCCN2)c(C)cc1O. The predicted molar refractivity (Wildman–Crippen MR) is 59.1 cm³/mol. The van der Waals surface area contributed by atoms with E-state index in [1.807, 2.05) is 26.0 Å². The minimum absolute atomic E-state index is 0.262. The molecule has 1 heterocycles. The van der Waals surface area contributed by atoms with Gasteiger partial charge in [-0.3, -0.25) is 0 Å². The van der Waals surface area contributed by atoms with Crippen LogP contribution in [0.3, 0.4) is 0 Å². The van der Waals surface area contributed by atoms with E-state index in [9.17, 15) is 5.11 Å². The molecule has 2 rings (SSSR count). The molecule has 1 unspecified atom stereocenters. The molecule has 0 aliphatic carbocycles. The van der Waals surface area contributed by atoms with Crippen molar-refractivity contribution < 1.29 is 9.84 Å². The number of nitrogens with one attached hydrogen (secondary N) is 1. The van der Waals surface area contributed by atoms with Gasteiger partial charge in [0.05, 0.1) is 19.3 Å². The van der Waals surface area contributed by atoms with Crippen molar-refractivity contribution in [3.8, 4) is 5.75 Å². The van der Waals surface area contributed by atoms with Crippen LogP contribution in [0.5, 0.6) is 5.75 Å². The summed E-state index contributed by atoms with van der Waals surface area (Å²) in [5, 5.41) is 13.0. The molecular weight excluding hydrogens is 190 g/mol. The number of aryl methyl sites for hydroxylation is 2. The highest BCUT2D eigenvalue weighted by molar-refractivity contribution is 5.42. The standard InChI is InChI=1S/C12H17NO2/c1-8-6-12(14)9(2)5-10(8)11-7-15-4-3-13-11/h5-6,11,13-14H,3-4,7H2,1-2H3. The predicted octanol–water partition coefficient (Wildman–Crippen LogP) is 1.67. The van der Waals surface area contributed by atoms with Gasteiger partial charge in [0, 0.05) is 6.54 Å². The number of hydrogen-bond acceptors (Lipinski definition) is 3. The van der Waals surface area contributed by atoms with Crippen LogP contribution in [0.25, 0.3) is 0 Å². The zero-order valence-electron chi connectivity index (χ0n) is 9.21. The van der Waals surface area contributed by atoms with Crippen molar-refractivity contribution in [1.82, 2.24) is 5.32 Å². The van der Waals surface area contributed by atoms with E-state index in [-0.39, 0.29) is 6.04 Å². The maximum absolute atomic E-state index is 9.57. The number of aromatic hydroxyl groups is 1. The highest BCUT2D eigenvalue weighted by Gasteiger charge is 2.17. The lowest BCUT2D eigenvalue weighted by molar-refractivity contribution is 0.0766. The van der Waals surface area contributed by atoms with E-state index >= 15 is 0 Å². The van der Waals surface area contributed by atoms with Gasteiger partial charge in [0.15, 0.2) is 0 Å². The minimum atomic E-state index is 0.262. The molecule has 2 N–H and O–H groups in total. The summed E-state index contributed by atoms with van der Waals surface area (Å²) < 4.78 is 5.44. The second-order valence-electron chi connectivity index (χ2n) is 4.08. The molecule has 0 amide bonds. The van der Waals surface area contributed by atoms with E-state index in [2.05, 4.69) is 5.32 Å². The fourth-order valence-corrected chi connectivity index (χ4v) is 1.96. The first-order chi connectivity index (χ1) is 7.18. The second kappa shape index (κ2) is 4.21. The van der Waals surface area contributed by atoms with Gasteiger partial charge >= 0.3 is 0 Å². The van der Waals surface area contributed by atoms with E-state index in [1.165, 1.54) is 5.56 Å². The Morgan fingerprint density at radius 3 is 2.80 bits per heavy atom. The maximum atomic E-state index is 9.57. The van der Waals surface area contributed by atoms with Crippen LogP contribution in [0.1, 0.15) is 22.7 Å². The zero-order chi connectivity index (χ0) is 10.8. The maximum Gasteiger partial charge on any atom is 0.118 e. The lowest BCUT2D eigenvalue weighted by atomic mass is 9.98. The normalized spacial score (nSPS) is 21.6. The van der Waals surface area contributed by atoms with Gasteiger partial charge in [-0.2, -0.15) is 0 Å². The van der Waals surface area contributed by atoms with Gasteiger partial charge in [0.1, 0.15) is 5.75 Å². The Bertz CT molecular complexity index is 357. The molecular formula is C12H17NO2. The highest BCUT2D eigenvalue weighted by atomic mass is 16.5. The molecule has 1 aliphatic rings. The average molecular weight is 207 g/mol. The fraction of sp³-hybridized carbons (Fsp3) is 0.500. The summed E-state index contributed by atoms with van der Waals surface area (Å²) in [5.74, 6) is 0.368. The number of rotatable bonds is 1. The van der Waals surface area contributed by atoms with E-state index in [1.54, 1.807) is 0 Å². The molecule has 0 bridgehead atoms. The fourth-order valence-electron chi connectivity index (χ4n) is 1.96. The van der Waals surface area contributed by atoms with Crippen LogP contribution >= 0.6 is 0 Å². The van der Waals surface area contributed by atoms with E-state index in [0.29, 0.717) is 12.4 Å². The van der Waals surface area contributed by atoms with Crippen molar-refractivity contribution in [2.24, 2.45) is 0 Å². The van der Waals surface area contributed by atoms with Crippen LogP contribution < -0.4 is 5.32 Å². The van der Waals surface area contributed by atoms with Gasteiger partial charge in [-0.25, -0.2) is 0 Å². The number of ether oxygens (including phenoxy) is 1. The lowest BCUT2D eigenvalue weighted by Crippen LogP contribution is -2.34. The molecule has 0 radical (unpaired) electrons. The Labute approximate surface area is 90.1 Å². The Balaban J connectivity index is 2.30. The highest BCUT2D eigenvalue weighted by Crippen LogP contribution is 2.26. The zero-order valence-corrected chi connectivity index (χ0v) is 9.21. The summed E-state index contributed by atoms with van der Waals surface area (Å²) >= 11 is 0. The molecule has 15 heavy (non-hydrogen) atoms. The van der Waals surface area contributed by atoms with Crippen molar-refractivity contribution in [2.45, 2.75) is 19.9 Å². The molecule has 0 spiro atoms. The molecule has 82 valence electrons. The topological polar surface area (TPSA) is 41.5 Å². The Morgan fingerprint density at radius 1 is 1.33 bits per heavy atom. The molecule has 1 aromatic carbocycles. The van der Waals surface area contributed by atoms with Crippen LogP contribution in [0.4, 0.5) is 0 Å². The molecule has 1 atom stereocenters. The minimum Gasteiger partial charge on any atom is -0.508 e. The third kappa shape index (κ3) is 2.13. The van der Waals surface area contributed by atoms with Gasteiger partial charge in [-0.1, -0.05) is 6.07 Å². The Morgan fingerprint density at radius 2 is 2.13 bits per heavy atom. The molecule has 1 saturated heterocycles. The largest absolute Gasteiger partial charge is 0.508 e. The third-order valence-electron chi connectivity index (χ3n) is 2.88. The first-order valence-corrected chi connectivity index (χ1v) is 5.29. The van der Waals surface area contributed by atoms with Crippen LogP contribution in [0.2, 0.25) is 0 Å². The number of phenols is 1. The van der Waals surface area contributed by atoms with Crippen molar-refractivity contribution in [3.63, 3.8) is 0 Å². The summed E-state index contributed by atoms with van der Waals surface area (Å²) in [6, 6.07) is 4.12. The summed E-state index contributed by atoms with van der Waals surface area (Å²) in [6.45, 7) is 6.33. The monoisotopic (exact) mass is 207 g/mol. The van der Waals surface area contributed by atoms with Crippen LogP contribution in [-0.2, 0) is 4.74 Å². The molecule has 3 heteroatoms. The summed E-state index contributed by atoms with van der Waals surface area (Å²) in [6.07, 6.45) is 0. The molecule has 0 saturated carbocycles. The molecule has 1 fully saturated rings. The summed E-state index contributed by atoms with van der Waals surface area (Å²) in [5.41, 5.74) is 3.26. The van der Waals surface area contributed by atoms with Crippen molar-refractivity contribution >= 4 is 0 Å². The number of phenolic OH excluding ortho intramolecular Hbond substituents is 1. The van der Waals surface area contributed by atoms with Crippen molar-refractivity contribution in [1.29, 1.82) is 0 Å². The smallest absolute Gasteiger partial charge is 0.118 e. The first kappa shape index (κ1) is 10.5. The number of hydrogen-bond donors (Lipinski definition) is 2. The third-order valence-corrected chi connectivity index (χ3v) is 2.88. The van der Waals surface area contributed by atoms with Crippen molar-refractivity contribution in [2.75, 3.05) is 19.8 Å². The van der Waals surface area contributed by atoms with Crippen LogP contribution in [-0.4, -0.2) is 24.9 Å². The van der Waals surface area contributed by atoms with Gasteiger partial charge in [0.25, 0.3) is 0 Å². The number of morpholine rings is 1. The Hall–Kier alpha value is -1.06. The molecule has 1 aromatic rings. The van der Waals surface area contributed by atoms with Gasteiger partial charge in [0.2, 0.25) is 0 Å². The van der Waals surface area contributed by atoms with Crippen LogP contribution in [0.15, 0.2) is 12.1 Å². The van der Waals surface area contributed by atoms with Crippen molar-refractivity contribution in [3.05, 3.63) is 28.8 Å². The Kier molecular flexibility index (Phi) is 2.93. The molecule has 1 aliphatic heterocycles. The first-order valence-electron chi connectivity index (χ1n) is 5.29. The van der Waals surface area contributed by atoms with Gasteiger partial charge in [-0.15, -0.1) is 0 Å². The van der Waals surface area contributed by atoms with E-state index in [0.717, 1.165) is 24.3 Å². The molecule has 3 nitrogen and oxygen atoms in total. The number of benzene rings is 1. The average Bonchev–Trinajstić information content (AvgIpc) is 2.25. The summed E-state index contributed by atoms with van der Waals surface area (Å²) in [7, 11) is 0. The molecule has 0 aromatic heterocycles. The van der Waals surface area contributed by atoms with Crippen LogP contribution in [0, 0.1) is 13.8 Å². The van der Waals surface area contributed by atoms with Gasteiger partial charge in [-0.05, 0) is 36.6 Å².